The molecule has 1 amide bonds. The van der Waals surface area contributed by atoms with Crippen molar-refractivity contribution in [3.63, 3.8) is 0 Å². The number of hydrogen-bond donors (Lipinski definition) is 2. The van der Waals surface area contributed by atoms with Crippen LogP contribution in [0.4, 0.5) is 4.79 Å². The van der Waals surface area contributed by atoms with Crippen molar-refractivity contribution in [3.8, 4) is 0 Å². The van der Waals surface area contributed by atoms with E-state index in [2.05, 4.69) is 10.6 Å². The van der Waals surface area contributed by atoms with Crippen LogP contribution >= 0.6 is 0 Å². The molecular weight excluding hydrogens is 216 g/mol. The number of amides is 1. The molecule has 2 N–H and O–H groups in total. The number of carbonyl (C=O) groups excluding carboxylic acids is 1. The summed E-state index contributed by atoms with van der Waals surface area (Å²) >= 11 is 0. The zero-order valence-corrected chi connectivity index (χ0v) is 11.1. The summed E-state index contributed by atoms with van der Waals surface area (Å²) in [6, 6.07) is 0.242. The van der Waals surface area contributed by atoms with Gasteiger partial charge in [0.1, 0.15) is 5.60 Å². The molecule has 0 radical (unpaired) electrons. The van der Waals surface area contributed by atoms with Gasteiger partial charge in [0, 0.05) is 12.6 Å². The van der Waals surface area contributed by atoms with Gasteiger partial charge in [0.15, 0.2) is 0 Å². The molecule has 2 aliphatic rings. The van der Waals surface area contributed by atoms with Crippen molar-refractivity contribution >= 4 is 6.09 Å². The number of nitrogens with one attached hydrogen (secondary N) is 2. The molecule has 0 aromatic heterocycles. The van der Waals surface area contributed by atoms with Crippen molar-refractivity contribution in [2.24, 2.45) is 11.8 Å². The molecule has 0 aromatic rings. The van der Waals surface area contributed by atoms with Crippen LogP contribution in [0.3, 0.4) is 0 Å². The second-order valence-corrected chi connectivity index (χ2v) is 6.25. The van der Waals surface area contributed by atoms with E-state index >= 15 is 0 Å². The first-order chi connectivity index (χ1) is 7.96. The first-order valence-electron chi connectivity index (χ1n) is 6.66. The van der Waals surface area contributed by atoms with Gasteiger partial charge in [0.05, 0.1) is 0 Å². The van der Waals surface area contributed by atoms with Gasteiger partial charge < -0.3 is 15.4 Å². The monoisotopic (exact) mass is 240 g/mol. The van der Waals surface area contributed by atoms with E-state index in [0.29, 0.717) is 5.92 Å². The molecule has 2 atom stereocenters. The topological polar surface area (TPSA) is 50.4 Å². The number of ether oxygens (including phenoxy) is 1. The number of hydrogen-bond acceptors (Lipinski definition) is 3. The van der Waals surface area contributed by atoms with Crippen LogP contribution in [0.25, 0.3) is 0 Å². The number of carbonyl (C=O) groups is 1. The minimum Gasteiger partial charge on any atom is -0.444 e. The molecule has 98 valence electrons. The molecule has 1 aliphatic heterocycles. The molecule has 1 saturated heterocycles. The second-order valence-electron chi connectivity index (χ2n) is 6.25. The highest BCUT2D eigenvalue weighted by Crippen LogP contribution is 2.40. The average Bonchev–Trinajstić information content (AvgIpc) is 2.98. The Morgan fingerprint density at radius 2 is 2.00 bits per heavy atom. The Kier molecular flexibility index (Phi) is 3.61. The van der Waals surface area contributed by atoms with Gasteiger partial charge in [-0.3, -0.25) is 0 Å². The average molecular weight is 240 g/mol. The fraction of sp³-hybridized carbons (Fsp3) is 0.923. The highest BCUT2D eigenvalue weighted by Gasteiger charge is 2.38. The second kappa shape index (κ2) is 4.84. The minimum absolute atomic E-state index is 0.242. The first kappa shape index (κ1) is 12.7. The van der Waals surface area contributed by atoms with Gasteiger partial charge in [-0.1, -0.05) is 0 Å². The van der Waals surface area contributed by atoms with E-state index in [1.54, 1.807) is 0 Å². The molecule has 1 heterocycles. The maximum Gasteiger partial charge on any atom is 0.407 e. The summed E-state index contributed by atoms with van der Waals surface area (Å²) in [7, 11) is 0. The van der Waals surface area contributed by atoms with E-state index in [-0.39, 0.29) is 12.1 Å². The van der Waals surface area contributed by atoms with E-state index in [4.69, 9.17) is 4.74 Å². The molecule has 4 nitrogen and oxygen atoms in total. The standard InChI is InChI=1S/C13H24N2O2/c1-13(2,3)17-12(16)15-11-8-14-7-6-10(11)9-4-5-9/h9-11,14H,4-8H2,1-3H3,(H,15,16)/t10-,11+/m0/s1. The lowest BCUT2D eigenvalue weighted by Gasteiger charge is -2.33. The molecule has 0 aromatic carbocycles. The molecule has 4 heteroatoms. The van der Waals surface area contributed by atoms with Crippen LogP contribution in [-0.4, -0.2) is 30.8 Å². The van der Waals surface area contributed by atoms with Gasteiger partial charge in [-0.2, -0.15) is 0 Å². The zero-order chi connectivity index (χ0) is 12.5. The Balaban J connectivity index is 1.85. The van der Waals surface area contributed by atoms with E-state index in [9.17, 15) is 4.79 Å². The summed E-state index contributed by atoms with van der Waals surface area (Å²) in [5, 5.41) is 6.37. The van der Waals surface area contributed by atoms with Crippen LogP contribution < -0.4 is 10.6 Å². The van der Waals surface area contributed by atoms with Crippen LogP contribution in [0.2, 0.25) is 0 Å². The van der Waals surface area contributed by atoms with Crippen LogP contribution in [0.5, 0.6) is 0 Å². The SMILES string of the molecule is CC(C)(C)OC(=O)N[C@@H]1CNCC[C@H]1C1CC1. The third kappa shape index (κ3) is 3.87. The Morgan fingerprint density at radius 1 is 1.29 bits per heavy atom. The van der Waals surface area contributed by atoms with E-state index in [1.165, 1.54) is 19.3 Å². The van der Waals surface area contributed by atoms with Crippen LogP contribution in [0.1, 0.15) is 40.0 Å². The van der Waals surface area contributed by atoms with E-state index in [1.807, 2.05) is 20.8 Å². The van der Waals surface area contributed by atoms with Gasteiger partial charge in [0.25, 0.3) is 0 Å². The number of alkyl carbamates (subject to hydrolysis) is 1. The van der Waals surface area contributed by atoms with Gasteiger partial charge in [-0.25, -0.2) is 4.79 Å². The van der Waals surface area contributed by atoms with Gasteiger partial charge in [-0.15, -0.1) is 0 Å². The largest absolute Gasteiger partial charge is 0.444 e. The molecule has 1 saturated carbocycles. The van der Waals surface area contributed by atoms with Crippen molar-refractivity contribution < 1.29 is 9.53 Å². The summed E-state index contributed by atoms with van der Waals surface area (Å²) < 4.78 is 5.31. The predicted octanol–water partition coefficient (Wildman–Crippen LogP) is 1.90. The molecule has 0 bridgehead atoms. The Bertz CT molecular complexity index is 282. The Morgan fingerprint density at radius 3 is 2.59 bits per heavy atom. The van der Waals surface area contributed by atoms with Crippen molar-refractivity contribution in [3.05, 3.63) is 0 Å². The van der Waals surface area contributed by atoms with Crippen LogP contribution in [-0.2, 0) is 4.74 Å². The van der Waals surface area contributed by atoms with E-state index < -0.39 is 5.60 Å². The third-order valence-corrected chi connectivity index (χ3v) is 3.47. The molecule has 2 fully saturated rings. The Hall–Kier alpha value is -0.770. The highest BCUT2D eigenvalue weighted by molar-refractivity contribution is 5.68. The van der Waals surface area contributed by atoms with Crippen molar-refractivity contribution in [1.29, 1.82) is 0 Å². The normalized spacial score (nSPS) is 29.8. The fourth-order valence-electron chi connectivity index (χ4n) is 2.58. The smallest absolute Gasteiger partial charge is 0.407 e. The van der Waals surface area contributed by atoms with Crippen LogP contribution in [0.15, 0.2) is 0 Å². The lowest BCUT2D eigenvalue weighted by atomic mass is 9.88. The quantitative estimate of drug-likeness (QED) is 0.775. The first-order valence-corrected chi connectivity index (χ1v) is 6.66. The summed E-state index contributed by atoms with van der Waals surface area (Å²) in [5.74, 6) is 1.47. The molecule has 0 unspecified atom stereocenters. The van der Waals surface area contributed by atoms with Crippen molar-refractivity contribution in [1.82, 2.24) is 10.6 Å². The molecule has 0 spiro atoms. The van der Waals surface area contributed by atoms with Gasteiger partial charge in [0.2, 0.25) is 0 Å². The summed E-state index contributed by atoms with van der Waals surface area (Å²) in [5.41, 5.74) is -0.415. The van der Waals surface area contributed by atoms with E-state index in [0.717, 1.165) is 19.0 Å². The molecule has 17 heavy (non-hydrogen) atoms. The van der Waals surface area contributed by atoms with Gasteiger partial charge in [-0.05, 0) is 58.4 Å². The lowest BCUT2D eigenvalue weighted by molar-refractivity contribution is 0.0469. The number of rotatable bonds is 2. The lowest BCUT2D eigenvalue weighted by Crippen LogP contribution is -2.52. The van der Waals surface area contributed by atoms with Crippen LogP contribution in [0, 0.1) is 11.8 Å². The summed E-state index contributed by atoms with van der Waals surface area (Å²) in [4.78, 5) is 11.8. The minimum atomic E-state index is -0.415. The molecule has 2 rings (SSSR count). The zero-order valence-electron chi connectivity index (χ0n) is 11.1. The van der Waals surface area contributed by atoms with Gasteiger partial charge >= 0.3 is 6.09 Å². The van der Waals surface area contributed by atoms with Crippen molar-refractivity contribution in [2.45, 2.75) is 51.7 Å². The van der Waals surface area contributed by atoms with Crippen molar-refractivity contribution in [2.75, 3.05) is 13.1 Å². The predicted molar refractivity (Wildman–Crippen MR) is 66.9 cm³/mol. The third-order valence-electron chi connectivity index (χ3n) is 3.47. The summed E-state index contributed by atoms with van der Waals surface area (Å²) in [6.07, 6.45) is 3.55. The maximum absolute atomic E-state index is 11.8. The summed E-state index contributed by atoms with van der Waals surface area (Å²) in [6.45, 7) is 7.63. The molecule has 1 aliphatic carbocycles. The molecular formula is C13H24N2O2. The fourth-order valence-corrected chi connectivity index (χ4v) is 2.58. The number of piperidine rings is 1. The maximum atomic E-state index is 11.8. The Labute approximate surface area is 103 Å². The highest BCUT2D eigenvalue weighted by atomic mass is 16.6.